The van der Waals surface area contributed by atoms with Crippen molar-refractivity contribution in [2.45, 2.75) is 32.1 Å². The van der Waals surface area contributed by atoms with E-state index in [0.717, 1.165) is 36.5 Å². The van der Waals surface area contributed by atoms with Crippen LogP contribution in [0.3, 0.4) is 0 Å². The van der Waals surface area contributed by atoms with Gasteiger partial charge in [-0.3, -0.25) is 4.98 Å². The number of hydrogen-bond acceptors (Lipinski definition) is 3. The third kappa shape index (κ3) is 4.68. The van der Waals surface area contributed by atoms with Crippen molar-refractivity contribution < 1.29 is 0 Å². The van der Waals surface area contributed by atoms with Gasteiger partial charge in [-0.1, -0.05) is 18.2 Å². The summed E-state index contributed by atoms with van der Waals surface area (Å²) >= 11 is 7.65. The number of fused-ring (bicyclic) bond motifs is 2. The first kappa shape index (κ1) is 18.7. The van der Waals surface area contributed by atoms with Crippen LogP contribution in [-0.4, -0.2) is 28.9 Å². The average molecular weight is 371 g/mol. The molecule has 23 heavy (non-hydrogen) atoms. The van der Waals surface area contributed by atoms with E-state index in [1.807, 2.05) is 11.8 Å². The number of halogens is 2. The van der Waals surface area contributed by atoms with Crippen molar-refractivity contribution >= 4 is 52.4 Å². The maximum absolute atomic E-state index is 5.71. The van der Waals surface area contributed by atoms with Crippen molar-refractivity contribution in [2.75, 3.05) is 29.2 Å². The lowest BCUT2D eigenvalue weighted by Gasteiger charge is -2.21. The van der Waals surface area contributed by atoms with Gasteiger partial charge in [0.05, 0.1) is 5.52 Å². The lowest BCUT2D eigenvalue weighted by Crippen LogP contribution is -2.12. The average Bonchev–Trinajstić information content (AvgIpc) is 2.57. The van der Waals surface area contributed by atoms with Gasteiger partial charge in [0.25, 0.3) is 0 Å². The smallest absolute Gasteiger partial charge is 0.0726 e. The highest BCUT2D eigenvalue weighted by Gasteiger charge is 2.17. The Balaban J connectivity index is 0.00000192. The minimum absolute atomic E-state index is 0. The minimum atomic E-state index is 0. The number of thioether (sulfide) groups is 1. The van der Waals surface area contributed by atoms with E-state index in [0.29, 0.717) is 0 Å². The predicted octanol–water partition coefficient (Wildman–Crippen LogP) is 5.31. The van der Waals surface area contributed by atoms with Crippen molar-refractivity contribution in [3.8, 4) is 0 Å². The second-order valence-electron chi connectivity index (χ2n) is 5.72. The van der Waals surface area contributed by atoms with Gasteiger partial charge in [-0.25, -0.2) is 0 Å². The monoisotopic (exact) mass is 370 g/mol. The summed E-state index contributed by atoms with van der Waals surface area (Å²) in [7, 11) is 0. The van der Waals surface area contributed by atoms with Gasteiger partial charge in [-0.15, -0.1) is 24.0 Å². The van der Waals surface area contributed by atoms with Crippen LogP contribution >= 0.6 is 35.8 Å². The molecule has 0 spiro atoms. The molecule has 0 atom stereocenters. The largest absolute Gasteiger partial charge is 0.384 e. The number of aryl methyl sites for hydroxylation is 1. The molecular weight excluding hydrogens is 347 g/mol. The Morgan fingerprint density at radius 2 is 1.96 bits per heavy atom. The Kier molecular flexibility index (Phi) is 7.81. The maximum atomic E-state index is 5.71. The van der Waals surface area contributed by atoms with Crippen molar-refractivity contribution in [1.29, 1.82) is 0 Å². The number of nitrogens with one attached hydrogen (secondary N) is 1. The highest BCUT2D eigenvalue weighted by molar-refractivity contribution is 7.99. The summed E-state index contributed by atoms with van der Waals surface area (Å²) < 4.78 is 0. The molecule has 0 aliphatic heterocycles. The van der Waals surface area contributed by atoms with Crippen molar-refractivity contribution in [3.05, 3.63) is 35.5 Å². The van der Waals surface area contributed by atoms with Gasteiger partial charge in [0.1, 0.15) is 0 Å². The zero-order valence-electron chi connectivity index (χ0n) is 13.3. The molecule has 2 nitrogen and oxygen atoms in total. The molecule has 0 bridgehead atoms. The summed E-state index contributed by atoms with van der Waals surface area (Å²) in [6, 6.07) is 8.52. The fourth-order valence-electron chi connectivity index (χ4n) is 3.12. The number of alkyl halides is 1. The van der Waals surface area contributed by atoms with E-state index in [1.54, 1.807) is 0 Å². The fraction of sp³-hybridized carbons (Fsp3) is 0.500. The zero-order chi connectivity index (χ0) is 15.2. The highest BCUT2D eigenvalue weighted by atomic mass is 35.5. The number of rotatable bonds is 7. The normalized spacial score (nSPS) is 13.4. The van der Waals surface area contributed by atoms with Gasteiger partial charge >= 0.3 is 0 Å². The third-order valence-corrected chi connectivity index (χ3v) is 5.64. The summed E-state index contributed by atoms with van der Waals surface area (Å²) in [6.07, 6.45) is 6.02. The number of para-hydroxylation sites is 1. The molecular formula is C18H24Cl2N2S. The number of nitrogens with zero attached hydrogens (tertiary/aromatic N) is 1. The molecule has 5 heteroatoms. The topological polar surface area (TPSA) is 24.9 Å². The number of anilines is 1. The van der Waals surface area contributed by atoms with E-state index < -0.39 is 0 Å². The lowest BCUT2D eigenvalue weighted by atomic mass is 9.92. The standard InChI is InChI=1S/C18H23ClN2S.ClH/c19-10-13-22-12-5-11-20-18-14-6-1-3-8-16(14)21-17-9-4-2-7-15(17)18;/h1,3,6,8H,2,4-5,7,9-13H2,(H,20,21);1H. The number of hydrogen-bond donors (Lipinski definition) is 1. The quantitative estimate of drug-likeness (QED) is 0.527. The van der Waals surface area contributed by atoms with Crippen LogP contribution in [0.4, 0.5) is 5.69 Å². The van der Waals surface area contributed by atoms with Gasteiger partial charge in [0.15, 0.2) is 0 Å². The Morgan fingerprint density at radius 3 is 2.83 bits per heavy atom. The molecule has 3 rings (SSSR count). The molecule has 0 saturated heterocycles. The molecule has 1 aromatic heterocycles. The van der Waals surface area contributed by atoms with Crippen LogP contribution in [0.5, 0.6) is 0 Å². The van der Waals surface area contributed by atoms with Crippen LogP contribution in [0.1, 0.15) is 30.5 Å². The number of pyridine rings is 1. The van der Waals surface area contributed by atoms with E-state index >= 15 is 0 Å². The van der Waals surface area contributed by atoms with Crippen LogP contribution < -0.4 is 5.32 Å². The number of benzene rings is 1. The van der Waals surface area contributed by atoms with Crippen molar-refractivity contribution in [1.82, 2.24) is 4.98 Å². The molecule has 0 radical (unpaired) electrons. The first-order valence-electron chi connectivity index (χ1n) is 8.18. The van der Waals surface area contributed by atoms with Gasteiger partial charge < -0.3 is 5.32 Å². The Hall–Kier alpha value is -0.640. The molecule has 1 heterocycles. The molecule has 1 aliphatic carbocycles. The van der Waals surface area contributed by atoms with Crippen LogP contribution in [0, 0.1) is 0 Å². The molecule has 126 valence electrons. The van der Waals surface area contributed by atoms with Crippen LogP contribution in [0.2, 0.25) is 0 Å². The van der Waals surface area contributed by atoms with E-state index in [4.69, 9.17) is 16.6 Å². The first-order valence-corrected chi connectivity index (χ1v) is 9.87. The second kappa shape index (κ2) is 9.61. The molecule has 0 unspecified atom stereocenters. The zero-order valence-corrected chi connectivity index (χ0v) is 15.7. The predicted molar refractivity (Wildman–Crippen MR) is 107 cm³/mol. The Labute approximate surface area is 154 Å². The molecule has 0 amide bonds. The second-order valence-corrected chi connectivity index (χ2v) is 7.32. The first-order chi connectivity index (χ1) is 10.9. The Morgan fingerprint density at radius 1 is 1.13 bits per heavy atom. The highest BCUT2D eigenvalue weighted by Crippen LogP contribution is 2.33. The summed E-state index contributed by atoms with van der Waals surface area (Å²) in [4.78, 5) is 4.89. The van der Waals surface area contributed by atoms with Gasteiger partial charge in [0, 0.05) is 34.9 Å². The van der Waals surface area contributed by atoms with E-state index in [9.17, 15) is 0 Å². The third-order valence-electron chi connectivity index (χ3n) is 4.16. The minimum Gasteiger partial charge on any atom is -0.384 e. The maximum Gasteiger partial charge on any atom is 0.0726 e. The van der Waals surface area contributed by atoms with Crippen molar-refractivity contribution in [2.24, 2.45) is 0 Å². The summed E-state index contributed by atoms with van der Waals surface area (Å²) in [6.45, 7) is 1.02. The molecule has 1 aromatic carbocycles. The Bertz CT molecular complexity index is 634. The van der Waals surface area contributed by atoms with Crippen LogP contribution in [-0.2, 0) is 12.8 Å². The summed E-state index contributed by atoms with van der Waals surface area (Å²) in [5.74, 6) is 2.97. The molecule has 1 aliphatic rings. The molecule has 1 N–H and O–H groups in total. The van der Waals surface area contributed by atoms with Gasteiger partial charge in [0.2, 0.25) is 0 Å². The van der Waals surface area contributed by atoms with Gasteiger partial charge in [-0.05, 0) is 49.5 Å². The fourth-order valence-corrected chi connectivity index (χ4v) is 4.11. The van der Waals surface area contributed by atoms with Crippen molar-refractivity contribution in [3.63, 3.8) is 0 Å². The SMILES string of the molecule is Cl.ClCCSCCCNc1c2c(nc3ccccc13)CCCC2. The summed E-state index contributed by atoms with van der Waals surface area (Å²) in [5, 5.41) is 4.98. The number of aromatic nitrogens is 1. The molecule has 0 saturated carbocycles. The summed E-state index contributed by atoms with van der Waals surface area (Å²) in [5.41, 5.74) is 5.23. The van der Waals surface area contributed by atoms with E-state index in [2.05, 4.69) is 29.6 Å². The van der Waals surface area contributed by atoms with E-state index in [1.165, 1.54) is 47.3 Å². The van der Waals surface area contributed by atoms with Crippen LogP contribution in [0.25, 0.3) is 10.9 Å². The van der Waals surface area contributed by atoms with Crippen LogP contribution in [0.15, 0.2) is 24.3 Å². The molecule has 2 aromatic rings. The molecule has 0 fully saturated rings. The van der Waals surface area contributed by atoms with Gasteiger partial charge in [-0.2, -0.15) is 11.8 Å². The van der Waals surface area contributed by atoms with E-state index in [-0.39, 0.29) is 12.4 Å². The lowest BCUT2D eigenvalue weighted by molar-refractivity contribution is 0.672.